The van der Waals surface area contributed by atoms with Crippen LogP contribution in [0.1, 0.15) is 11.3 Å². The third-order valence-electron chi connectivity index (χ3n) is 2.52. The molecular weight excluding hydrogens is 174 g/mol. The number of pyridine rings is 1. The molecule has 0 fully saturated rings. The first-order valence-electron chi connectivity index (χ1n) is 4.51. The number of benzene rings is 1. The van der Waals surface area contributed by atoms with E-state index in [2.05, 4.69) is 4.98 Å². The molecule has 0 aliphatic carbocycles. The second kappa shape index (κ2) is 2.87. The largest absolute Gasteiger partial charge is 0.397 e. The summed E-state index contributed by atoms with van der Waals surface area (Å²) in [7, 11) is 0. The molecule has 0 amide bonds. The van der Waals surface area contributed by atoms with Crippen LogP contribution in [-0.4, -0.2) is 4.98 Å². The molecule has 0 spiro atoms. The van der Waals surface area contributed by atoms with Crippen LogP contribution in [0.25, 0.3) is 10.9 Å². The van der Waals surface area contributed by atoms with Crippen molar-refractivity contribution < 1.29 is 0 Å². The van der Waals surface area contributed by atoms with Crippen molar-refractivity contribution in [2.45, 2.75) is 13.8 Å². The van der Waals surface area contributed by atoms with E-state index in [4.69, 9.17) is 11.5 Å². The Morgan fingerprint density at radius 3 is 2.57 bits per heavy atom. The van der Waals surface area contributed by atoms with Gasteiger partial charge >= 0.3 is 0 Å². The lowest BCUT2D eigenvalue weighted by Crippen LogP contribution is -1.97. The zero-order valence-electron chi connectivity index (χ0n) is 8.33. The average Bonchev–Trinajstić information content (AvgIpc) is 2.15. The molecule has 2 aromatic rings. The monoisotopic (exact) mass is 187 g/mol. The fourth-order valence-corrected chi connectivity index (χ4v) is 1.48. The summed E-state index contributed by atoms with van der Waals surface area (Å²) in [5.41, 5.74) is 15.9. The van der Waals surface area contributed by atoms with Gasteiger partial charge < -0.3 is 11.5 Å². The van der Waals surface area contributed by atoms with Gasteiger partial charge in [0.25, 0.3) is 0 Å². The molecule has 14 heavy (non-hydrogen) atoms. The molecule has 1 aromatic heterocycles. The van der Waals surface area contributed by atoms with Gasteiger partial charge in [0.05, 0.1) is 16.9 Å². The number of aryl methyl sites for hydroxylation is 2. The molecule has 0 unspecified atom stereocenters. The number of nitrogens with two attached hydrogens (primary N) is 2. The Labute approximate surface area is 82.7 Å². The van der Waals surface area contributed by atoms with Crippen LogP contribution < -0.4 is 11.5 Å². The molecule has 0 saturated heterocycles. The van der Waals surface area contributed by atoms with Gasteiger partial charge in [-0.2, -0.15) is 0 Å². The fraction of sp³-hybridized carbons (Fsp3) is 0.182. The lowest BCUT2D eigenvalue weighted by Gasteiger charge is -2.07. The van der Waals surface area contributed by atoms with Crippen LogP contribution in [-0.2, 0) is 0 Å². The summed E-state index contributed by atoms with van der Waals surface area (Å²) in [6, 6.07) is 5.72. The molecule has 3 nitrogen and oxygen atoms in total. The van der Waals surface area contributed by atoms with E-state index in [1.165, 1.54) is 0 Å². The minimum atomic E-state index is 0.613. The van der Waals surface area contributed by atoms with E-state index in [-0.39, 0.29) is 0 Å². The zero-order chi connectivity index (χ0) is 10.3. The maximum atomic E-state index is 5.87. The molecule has 0 atom stereocenters. The average molecular weight is 187 g/mol. The van der Waals surface area contributed by atoms with Crippen molar-refractivity contribution in [3.63, 3.8) is 0 Å². The van der Waals surface area contributed by atoms with Crippen LogP contribution in [0, 0.1) is 13.8 Å². The second-order valence-corrected chi connectivity index (χ2v) is 3.53. The highest BCUT2D eigenvalue weighted by molar-refractivity contribution is 5.96. The van der Waals surface area contributed by atoms with Crippen molar-refractivity contribution in [3.8, 4) is 0 Å². The van der Waals surface area contributed by atoms with Crippen LogP contribution in [0.3, 0.4) is 0 Å². The molecule has 0 aliphatic rings. The standard InChI is InChI=1S/C11H13N3/c1-6-5-8-10(14-7(6)2)4-3-9(12)11(8)13/h3-5H,12-13H2,1-2H3. The first kappa shape index (κ1) is 8.81. The van der Waals surface area contributed by atoms with E-state index >= 15 is 0 Å². The lowest BCUT2D eigenvalue weighted by atomic mass is 10.1. The van der Waals surface area contributed by atoms with Crippen molar-refractivity contribution in [2.75, 3.05) is 11.5 Å². The van der Waals surface area contributed by atoms with E-state index in [0.717, 1.165) is 22.2 Å². The Balaban J connectivity index is 2.89. The molecule has 2 rings (SSSR count). The molecule has 0 radical (unpaired) electrons. The number of nitrogen functional groups attached to an aromatic ring is 2. The van der Waals surface area contributed by atoms with Gasteiger partial charge in [0, 0.05) is 11.1 Å². The normalized spacial score (nSPS) is 10.7. The highest BCUT2D eigenvalue weighted by Crippen LogP contribution is 2.26. The first-order chi connectivity index (χ1) is 6.59. The SMILES string of the molecule is Cc1cc2c(N)c(N)ccc2nc1C. The third kappa shape index (κ3) is 1.18. The Kier molecular flexibility index (Phi) is 1.81. The van der Waals surface area contributed by atoms with E-state index in [1.807, 2.05) is 26.0 Å². The molecule has 72 valence electrons. The van der Waals surface area contributed by atoms with Gasteiger partial charge in [0.15, 0.2) is 0 Å². The van der Waals surface area contributed by atoms with E-state index in [0.29, 0.717) is 11.4 Å². The maximum absolute atomic E-state index is 5.87. The number of fused-ring (bicyclic) bond motifs is 1. The molecule has 1 aromatic carbocycles. The van der Waals surface area contributed by atoms with Gasteiger partial charge in [-0.25, -0.2) is 0 Å². The van der Waals surface area contributed by atoms with Crippen molar-refractivity contribution in [1.82, 2.24) is 4.98 Å². The molecule has 1 heterocycles. The summed E-state index contributed by atoms with van der Waals surface area (Å²) >= 11 is 0. The third-order valence-corrected chi connectivity index (χ3v) is 2.52. The number of hydrogen-bond donors (Lipinski definition) is 2. The number of anilines is 2. The van der Waals surface area contributed by atoms with Crippen molar-refractivity contribution in [1.29, 1.82) is 0 Å². The predicted octanol–water partition coefficient (Wildman–Crippen LogP) is 2.02. The first-order valence-corrected chi connectivity index (χ1v) is 4.51. The highest BCUT2D eigenvalue weighted by Gasteiger charge is 2.04. The number of aromatic nitrogens is 1. The molecule has 0 aliphatic heterocycles. The number of hydrogen-bond acceptors (Lipinski definition) is 3. The lowest BCUT2D eigenvalue weighted by molar-refractivity contribution is 1.20. The van der Waals surface area contributed by atoms with Gasteiger partial charge in [-0.1, -0.05) is 0 Å². The second-order valence-electron chi connectivity index (χ2n) is 3.53. The molecule has 0 saturated carbocycles. The number of nitrogens with zero attached hydrogens (tertiary/aromatic N) is 1. The van der Waals surface area contributed by atoms with Gasteiger partial charge in [-0.15, -0.1) is 0 Å². The van der Waals surface area contributed by atoms with Gasteiger partial charge in [0.1, 0.15) is 0 Å². The van der Waals surface area contributed by atoms with Gasteiger partial charge in [-0.3, -0.25) is 4.98 Å². The van der Waals surface area contributed by atoms with Crippen LogP contribution >= 0.6 is 0 Å². The molecule has 3 heteroatoms. The minimum absolute atomic E-state index is 0.613. The summed E-state index contributed by atoms with van der Waals surface area (Å²) < 4.78 is 0. The summed E-state index contributed by atoms with van der Waals surface area (Å²) in [6.45, 7) is 4.01. The van der Waals surface area contributed by atoms with Crippen molar-refractivity contribution in [3.05, 3.63) is 29.5 Å². The van der Waals surface area contributed by atoms with Crippen LogP contribution in [0.2, 0.25) is 0 Å². The summed E-state index contributed by atoms with van der Waals surface area (Å²) in [4.78, 5) is 4.44. The summed E-state index contributed by atoms with van der Waals surface area (Å²) in [6.07, 6.45) is 0. The van der Waals surface area contributed by atoms with Gasteiger partial charge in [0.2, 0.25) is 0 Å². The quantitative estimate of drug-likeness (QED) is 0.620. The van der Waals surface area contributed by atoms with Crippen molar-refractivity contribution in [2.24, 2.45) is 0 Å². The molecule has 4 N–H and O–H groups in total. The van der Waals surface area contributed by atoms with Crippen LogP contribution in [0.5, 0.6) is 0 Å². The smallest absolute Gasteiger partial charge is 0.0727 e. The fourth-order valence-electron chi connectivity index (χ4n) is 1.48. The van der Waals surface area contributed by atoms with E-state index < -0.39 is 0 Å². The molecule has 0 bridgehead atoms. The Morgan fingerprint density at radius 2 is 1.86 bits per heavy atom. The van der Waals surface area contributed by atoms with Crippen LogP contribution in [0.15, 0.2) is 18.2 Å². The van der Waals surface area contributed by atoms with Crippen LogP contribution in [0.4, 0.5) is 11.4 Å². The predicted molar refractivity (Wildman–Crippen MR) is 60.0 cm³/mol. The topological polar surface area (TPSA) is 64.9 Å². The zero-order valence-corrected chi connectivity index (χ0v) is 8.33. The summed E-state index contributed by atoms with van der Waals surface area (Å²) in [5, 5.41) is 0.938. The maximum Gasteiger partial charge on any atom is 0.0727 e. The summed E-state index contributed by atoms with van der Waals surface area (Å²) in [5.74, 6) is 0. The Morgan fingerprint density at radius 1 is 1.14 bits per heavy atom. The van der Waals surface area contributed by atoms with Crippen molar-refractivity contribution >= 4 is 22.3 Å². The Bertz CT molecular complexity index is 503. The van der Waals surface area contributed by atoms with E-state index in [9.17, 15) is 0 Å². The minimum Gasteiger partial charge on any atom is -0.397 e. The highest BCUT2D eigenvalue weighted by atomic mass is 14.7. The number of rotatable bonds is 0. The Hall–Kier alpha value is -1.77. The van der Waals surface area contributed by atoms with Gasteiger partial charge in [-0.05, 0) is 37.6 Å². The van der Waals surface area contributed by atoms with E-state index in [1.54, 1.807) is 6.07 Å². The molecular formula is C11H13N3.